The Bertz CT molecular complexity index is 49.2. The van der Waals surface area contributed by atoms with E-state index < -0.39 is 5.97 Å². The van der Waals surface area contributed by atoms with Crippen LogP contribution in [0.3, 0.4) is 0 Å². The van der Waals surface area contributed by atoms with Gasteiger partial charge >= 0.3 is 37.7 Å². The first-order valence-electron chi connectivity index (χ1n) is 1.95. The molecule has 4 heteroatoms. The Kier molecular flexibility index (Phi) is 7.38. The number of ether oxygens (including phenoxy) is 2. The zero-order valence-corrected chi connectivity index (χ0v) is 4.76. The minimum absolute atomic E-state index is 0. The second-order valence-corrected chi connectivity index (χ2v) is 1.31. The summed E-state index contributed by atoms with van der Waals surface area (Å²) in [7, 11) is 2.73. The van der Waals surface area contributed by atoms with Gasteiger partial charge in [-0.2, -0.15) is 0 Å². The van der Waals surface area contributed by atoms with E-state index >= 15 is 0 Å². The van der Waals surface area contributed by atoms with Gasteiger partial charge in [0.15, 0.2) is 0 Å². The van der Waals surface area contributed by atoms with Crippen molar-refractivity contribution in [2.45, 2.75) is 12.9 Å². The molecule has 0 atom stereocenters. The van der Waals surface area contributed by atoms with E-state index in [-0.39, 0.29) is 37.7 Å². The molecule has 0 spiro atoms. The second kappa shape index (κ2) is 4.97. The average Bonchev–Trinajstić information content (AvgIpc) is 1.68. The predicted molar refractivity (Wildman–Crippen MR) is 33.2 cm³/mol. The third-order valence-corrected chi connectivity index (χ3v) is 0.757. The molecular weight excluding hydrogens is 136 g/mol. The second-order valence-electron chi connectivity index (χ2n) is 1.31. The maximum absolute atomic E-state index is 8.69. The van der Waals surface area contributed by atoms with E-state index in [9.17, 15) is 0 Å². The predicted octanol–water partition coefficient (Wildman–Crippen LogP) is -0.971. The monoisotopic (exact) mass is 148 g/mol. The molecule has 3 nitrogen and oxygen atoms in total. The Labute approximate surface area is 79.0 Å². The molecule has 0 rings (SSSR count). The molecule has 0 unspecified atom stereocenters. The van der Waals surface area contributed by atoms with Crippen LogP contribution in [0.25, 0.3) is 0 Å². The van der Waals surface area contributed by atoms with Gasteiger partial charge < -0.3 is 14.6 Å². The maximum atomic E-state index is 8.69. The summed E-state index contributed by atoms with van der Waals surface area (Å²) in [4.78, 5) is 0. The third-order valence-electron chi connectivity index (χ3n) is 0.757. The number of aliphatic hydroxyl groups is 1. The molecule has 0 heterocycles. The standard InChI is InChI=1S/C4H10O3.Ca.2H/c1-4(5,6-2)7-3;;;/h5H,1-3H3;;;. The molecular formula is C4H12CaO3. The van der Waals surface area contributed by atoms with Gasteiger partial charge in [-0.15, -0.1) is 0 Å². The molecule has 0 aromatic carbocycles. The number of hydrogen-bond donors (Lipinski definition) is 1. The van der Waals surface area contributed by atoms with Crippen molar-refractivity contribution in [2.75, 3.05) is 14.2 Å². The van der Waals surface area contributed by atoms with E-state index in [0.29, 0.717) is 0 Å². The van der Waals surface area contributed by atoms with Gasteiger partial charge in [-0.3, -0.25) is 0 Å². The van der Waals surface area contributed by atoms with Crippen LogP contribution < -0.4 is 0 Å². The molecule has 0 bridgehead atoms. The van der Waals surface area contributed by atoms with E-state index in [0.717, 1.165) is 0 Å². The van der Waals surface area contributed by atoms with Gasteiger partial charge in [0.1, 0.15) is 0 Å². The van der Waals surface area contributed by atoms with Gasteiger partial charge in [-0.05, 0) is 0 Å². The van der Waals surface area contributed by atoms with Crippen LogP contribution in [0.15, 0.2) is 0 Å². The molecule has 0 amide bonds. The van der Waals surface area contributed by atoms with E-state index in [4.69, 9.17) is 5.11 Å². The van der Waals surface area contributed by atoms with E-state index in [1.165, 1.54) is 21.1 Å². The summed E-state index contributed by atoms with van der Waals surface area (Å²) in [5.74, 6) is -1.42. The van der Waals surface area contributed by atoms with Crippen LogP contribution in [-0.4, -0.2) is 63.0 Å². The SMILES string of the molecule is COC(C)(O)OC.[CaH2]. The summed E-state index contributed by atoms with van der Waals surface area (Å²) in [6, 6.07) is 0. The molecule has 0 saturated heterocycles. The van der Waals surface area contributed by atoms with Crippen LogP contribution in [0, 0.1) is 0 Å². The number of rotatable bonds is 2. The number of methoxy groups -OCH3 is 2. The van der Waals surface area contributed by atoms with Gasteiger partial charge in [0.25, 0.3) is 5.97 Å². The Hall–Kier alpha value is 1.14. The molecule has 48 valence electrons. The van der Waals surface area contributed by atoms with E-state index in [2.05, 4.69) is 9.47 Å². The average molecular weight is 148 g/mol. The molecule has 0 aromatic rings. The molecule has 1 N–H and O–H groups in total. The fourth-order valence-electron chi connectivity index (χ4n) is 0.0833. The molecule has 0 aliphatic rings. The Morgan fingerprint density at radius 1 is 1.25 bits per heavy atom. The Morgan fingerprint density at radius 2 is 1.50 bits per heavy atom. The third kappa shape index (κ3) is 5.28. The van der Waals surface area contributed by atoms with Gasteiger partial charge in [0.05, 0.1) is 0 Å². The normalized spacial score (nSPS) is 10.5. The molecule has 0 aromatic heterocycles. The van der Waals surface area contributed by atoms with Crippen molar-refractivity contribution < 1.29 is 14.6 Å². The molecule has 8 heavy (non-hydrogen) atoms. The van der Waals surface area contributed by atoms with E-state index in [1.807, 2.05) is 0 Å². The van der Waals surface area contributed by atoms with Crippen LogP contribution in [0.5, 0.6) is 0 Å². The van der Waals surface area contributed by atoms with Crippen LogP contribution in [0.4, 0.5) is 0 Å². The summed E-state index contributed by atoms with van der Waals surface area (Å²) in [5.41, 5.74) is 0. The van der Waals surface area contributed by atoms with Gasteiger partial charge in [0, 0.05) is 21.1 Å². The fraction of sp³-hybridized carbons (Fsp3) is 1.00. The fourth-order valence-corrected chi connectivity index (χ4v) is 0.0833. The summed E-state index contributed by atoms with van der Waals surface area (Å²) in [6.45, 7) is 1.41. The first-order chi connectivity index (χ1) is 3.12. The van der Waals surface area contributed by atoms with Crippen molar-refractivity contribution in [3.63, 3.8) is 0 Å². The number of hydrogen-bond acceptors (Lipinski definition) is 3. The first-order valence-corrected chi connectivity index (χ1v) is 1.95. The molecule has 0 aliphatic carbocycles. The summed E-state index contributed by atoms with van der Waals surface area (Å²) in [5, 5.41) is 8.69. The van der Waals surface area contributed by atoms with Gasteiger partial charge in [0.2, 0.25) is 0 Å². The molecule has 0 radical (unpaired) electrons. The molecule has 0 fully saturated rings. The van der Waals surface area contributed by atoms with Crippen LogP contribution in [0.2, 0.25) is 0 Å². The Balaban J connectivity index is 0. The van der Waals surface area contributed by atoms with E-state index in [1.54, 1.807) is 0 Å². The first kappa shape index (κ1) is 11.9. The Morgan fingerprint density at radius 3 is 1.50 bits per heavy atom. The topological polar surface area (TPSA) is 38.7 Å². The van der Waals surface area contributed by atoms with Crippen LogP contribution in [0.1, 0.15) is 6.92 Å². The van der Waals surface area contributed by atoms with Crippen molar-refractivity contribution in [1.29, 1.82) is 0 Å². The molecule has 0 saturated carbocycles. The van der Waals surface area contributed by atoms with Gasteiger partial charge in [-0.1, -0.05) is 0 Å². The zero-order chi connectivity index (χ0) is 5.91. The summed E-state index contributed by atoms with van der Waals surface area (Å²) >= 11 is 0. The van der Waals surface area contributed by atoms with Crippen molar-refractivity contribution in [3.8, 4) is 0 Å². The summed E-state index contributed by atoms with van der Waals surface area (Å²) in [6.07, 6.45) is 0. The van der Waals surface area contributed by atoms with Crippen molar-refractivity contribution in [3.05, 3.63) is 0 Å². The molecule has 0 aliphatic heterocycles. The van der Waals surface area contributed by atoms with Crippen molar-refractivity contribution in [1.82, 2.24) is 0 Å². The van der Waals surface area contributed by atoms with Crippen LogP contribution in [-0.2, 0) is 9.47 Å². The zero-order valence-electron chi connectivity index (χ0n) is 4.76. The van der Waals surface area contributed by atoms with Gasteiger partial charge in [-0.25, -0.2) is 0 Å². The van der Waals surface area contributed by atoms with Crippen LogP contribution >= 0.6 is 0 Å². The quantitative estimate of drug-likeness (QED) is 0.404. The van der Waals surface area contributed by atoms with Crippen molar-refractivity contribution in [2.24, 2.45) is 0 Å². The summed E-state index contributed by atoms with van der Waals surface area (Å²) < 4.78 is 8.84. The van der Waals surface area contributed by atoms with Crippen molar-refractivity contribution >= 4 is 37.7 Å². The minimum atomic E-state index is -1.42.